The number of carbonyl (C=O) groups is 1. The molecule has 1 fully saturated rings. The number of amides is 1. The molecule has 1 aromatic rings. The Hall–Kier alpha value is -1.53. The molecular formula is C10H12F3N3O. The van der Waals surface area contributed by atoms with Gasteiger partial charge in [0.1, 0.15) is 0 Å². The van der Waals surface area contributed by atoms with Crippen LogP contribution in [0.25, 0.3) is 0 Å². The molecule has 17 heavy (non-hydrogen) atoms. The minimum absolute atomic E-state index is 0.0780. The van der Waals surface area contributed by atoms with E-state index < -0.39 is 12.1 Å². The molecule has 94 valence electrons. The summed E-state index contributed by atoms with van der Waals surface area (Å²) >= 11 is 0. The Morgan fingerprint density at radius 1 is 1.53 bits per heavy atom. The zero-order valence-electron chi connectivity index (χ0n) is 9.24. The van der Waals surface area contributed by atoms with Crippen molar-refractivity contribution in [3.63, 3.8) is 0 Å². The van der Waals surface area contributed by atoms with Gasteiger partial charge in [-0.2, -0.15) is 13.2 Å². The van der Waals surface area contributed by atoms with Gasteiger partial charge in [-0.15, -0.1) is 0 Å². The number of hydrogen-bond acceptors (Lipinski definition) is 2. The molecule has 0 unspecified atom stereocenters. The average molecular weight is 247 g/mol. The summed E-state index contributed by atoms with van der Waals surface area (Å²) < 4.78 is 38.1. The Morgan fingerprint density at radius 2 is 2.18 bits per heavy atom. The number of aromatic nitrogens is 2. The summed E-state index contributed by atoms with van der Waals surface area (Å²) in [6.07, 6.45) is -1.42. The second-order valence-corrected chi connectivity index (χ2v) is 4.26. The lowest BCUT2D eigenvalue weighted by Gasteiger charge is -2.39. The molecule has 2 heterocycles. The van der Waals surface area contributed by atoms with E-state index in [1.54, 1.807) is 12.5 Å². The largest absolute Gasteiger partial charge is 0.471 e. The molecular weight excluding hydrogens is 235 g/mol. The topological polar surface area (TPSA) is 38.1 Å². The first-order valence-electron chi connectivity index (χ1n) is 5.20. The van der Waals surface area contributed by atoms with Gasteiger partial charge < -0.3 is 9.47 Å². The van der Waals surface area contributed by atoms with E-state index in [0.717, 1.165) is 10.6 Å². The molecule has 1 aromatic heterocycles. The lowest BCUT2D eigenvalue weighted by Crippen LogP contribution is -2.55. The predicted octanol–water partition coefficient (Wildman–Crippen LogP) is 1.21. The normalized spacial score (nSPS) is 17.1. The first-order chi connectivity index (χ1) is 7.88. The van der Waals surface area contributed by atoms with Crippen molar-refractivity contribution in [2.75, 3.05) is 13.1 Å². The van der Waals surface area contributed by atoms with Crippen LogP contribution in [0.1, 0.15) is 5.69 Å². The monoisotopic (exact) mass is 247 g/mol. The number of carbonyl (C=O) groups excluding carboxylic acids is 1. The van der Waals surface area contributed by atoms with Crippen LogP contribution >= 0.6 is 0 Å². The van der Waals surface area contributed by atoms with Crippen molar-refractivity contribution in [2.24, 2.45) is 5.92 Å². The summed E-state index contributed by atoms with van der Waals surface area (Å²) in [6, 6.07) is 0. The van der Waals surface area contributed by atoms with Gasteiger partial charge in [0.25, 0.3) is 0 Å². The van der Waals surface area contributed by atoms with Gasteiger partial charge in [-0.25, -0.2) is 4.98 Å². The van der Waals surface area contributed by atoms with Crippen LogP contribution in [0.4, 0.5) is 13.2 Å². The molecule has 1 aliphatic heterocycles. The highest BCUT2D eigenvalue weighted by atomic mass is 19.4. The first-order valence-corrected chi connectivity index (χ1v) is 5.20. The molecule has 1 saturated heterocycles. The van der Waals surface area contributed by atoms with E-state index in [2.05, 4.69) is 4.98 Å². The van der Waals surface area contributed by atoms with Gasteiger partial charge in [0.2, 0.25) is 0 Å². The number of aryl methyl sites for hydroxylation is 1. The van der Waals surface area contributed by atoms with Gasteiger partial charge in [-0.05, 0) is 6.92 Å². The van der Waals surface area contributed by atoms with E-state index in [1.165, 1.54) is 0 Å². The lowest BCUT2D eigenvalue weighted by atomic mass is 10.00. The van der Waals surface area contributed by atoms with Crippen molar-refractivity contribution in [1.82, 2.24) is 14.5 Å². The fraction of sp³-hybridized carbons (Fsp3) is 0.600. The minimum atomic E-state index is -4.75. The second kappa shape index (κ2) is 4.05. The number of likely N-dealkylation sites (tertiary alicyclic amines) is 1. The molecule has 0 aliphatic carbocycles. The third-order valence-corrected chi connectivity index (χ3v) is 2.86. The third kappa shape index (κ3) is 2.42. The molecule has 1 amide bonds. The van der Waals surface area contributed by atoms with Gasteiger partial charge in [0.15, 0.2) is 0 Å². The zero-order chi connectivity index (χ0) is 12.6. The quantitative estimate of drug-likeness (QED) is 0.788. The van der Waals surface area contributed by atoms with Crippen LogP contribution in [0.2, 0.25) is 0 Å². The van der Waals surface area contributed by atoms with Crippen LogP contribution in [-0.4, -0.2) is 39.6 Å². The highest BCUT2D eigenvalue weighted by Crippen LogP contribution is 2.25. The molecule has 0 aromatic carbocycles. The van der Waals surface area contributed by atoms with Crippen molar-refractivity contribution in [3.8, 4) is 0 Å². The predicted molar refractivity (Wildman–Crippen MR) is 53.1 cm³/mol. The maximum Gasteiger partial charge on any atom is 0.471 e. The van der Waals surface area contributed by atoms with E-state index in [1.807, 2.05) is 11.5 Å². The van der Waals surface area contributed by atoms with E-state index >= 15 is 0 Å². The highest BCUT2D eigenvalue weighted by Gasteiger charge is 2.46. The molecule has 2 rings (SSSR count). The van der Waals surface area contributed by atoms with Gasteiger partial charge in [0.05, 0.1) is 6.33 Å². The molecule has 0 bridgehead atoms. The Labute approximate surface area is 96.0 Å². The molecule has 7 heteroatoms. The molecule has 0 saturated carbocycles. The number of alkyl halides is 3. The van der Waals surface area contributed by atoms with Crippen molar-refractivity contribution in [3.05, 3.63) is 18.2 Å². The average Bonchev–Trinajstić information content (AvgIpc) is 2.54. The lowest BCUT2D eigenvalue weighted by molar-refractivity contribution is -0.191. The molecule has 4 nitrogen and oxygen atoms in total. The van der Waals surface area contributed by atoms with E-state index in [-0.39, 0.29) is 19.0 Å². The zero-order valence-corrected chi connectivity index (χ0v) is 9.24. The molecule has 0 radical (unpaired) electrons. The molecule has 0 atom stereocenters. The Balaban J connectivity index is 1.84. The summed E-state index contributed by atoms with van der Waals surface area (Å²) in [6.45, 7) is 2.81. The van der Waals surface area contributed by atoms with Gasteiger partial charge in [-0.1, -0.05) is 0 Å². The van der Waals surface area contributed by atoms with Gasteiger partial charge >= 0.3 is 12.1 Å². The van der Waals surface area contributed by atoms with Crippen molar-refractivity contribution < 1.29 is 18.0 Å². The smallest absolute Gasteiger partial charge is 0.334 e. The van der Waals surface area contributed by atoms with Crippen LogP contribution in [0, 0.1) is 12.8 Å². The standard InChI is InChI=1S/C10H12F3N3O/c1-7-2-14-6-16(7)5-8-3-15(4-8)9(17)10(11,12)13/h2,6,8H,3-5H2,1H3. The van der Waals surface area contributed by atoms with Crippen LogP contribution < -0.4 is 0 Å². The van der Waals surface area contributed by atoms with Crippen molar-refractivity contribution >= 4 is 5.91 Å². The highest BCUT2D eigenvalue weighted by molar-refractivity contribution is 5.82. The van der Waals surface area contributed by atoms with Crippen LogP contribution in [-0.2, 0) is 11.3 Å². The summed E-state index contributed by atoms with van der Waals surface area (Å²) in [5.74, 6) is -1.66. The maximum absolute atomic E-state index is 12.1. The van der Waals surface area contributed by atoms with Crippen molar-refractivity contribution in [1.29, 1.82) is 0 Å². The van der Waals surface area contributed by atoms with E-state index in [0.29, 0.717) is 6.54 Å². The Kier molecular flexibility index (Phi) is 2.84. The minimum Gasteiger partial charge on any atom is -0.334 e. The number of nitrogens with zero attached hydrogens (tertiary/aromatic N) is 3. The van der Waals surface area contributed by atoms with E-state index in [9.17, 15) is 18.0 Å². The third-order valence-electron chi connectivity index (χ3n) is 2.86. The summed E-state index contributed by atoms with van der Waals surface area (Å²) in [5, 5.41) is 0. The number of rotatable bonds is 2. The van der Waals surface area contributed by atoms with Crippen LogP contribution in [0.5, 0.6) is 0 Å². The fourth-order valence-electron chi connectivity index (χ4n) is 1.89. The van der Waals surface area contributed by atoms with Crippen LogP contribution in [0.15, 0.2) is 12.5 Å². The molecule has 0 spiro atoms. The summed E-state index contributed by atoms with van der Waals surface area (Å²) in [5.41, 5.74) is 0.964. The van der Waals surface area contributed by atoms with Gasteiger partial charge in [-0.3, -0.25) is 4.79 Å². The first kappa shape index (κ1) is 11.9. The number of imidazole rings is 1. The SMILES string of the molecule is Cc1cncn1CC1CN(C(=O)C(F)(F)F)C1. The number of hydrogen-bond donors (Lipinski definition) is 0. The van der Waals surface area contributed by atoms with Crippen LogP contribution in [0.3, 0.4) is 0 Å². The maximum atomic E-state index is 12.1. The van der Waals surface area contributed by atoms with Crippen molar-refractivity contribution in [2.45, 2.75) is 19.6 Å². The Bertz CT molecular complexity index is 421. The van der Waals surface area contributed by atoms with Gasteiger partial charge in [0, 0.05) is 37.4 Å². The summed E-state index contributed by atoms with van der Waals surface area (Å²) in [4.78, 5) is 15.6. The molecule has 0 N–H and O–H groups in total. The Morgan fingerprint density at radius 3 is 2.65 bits per heavy atom. The fourth-order valence-corrected chi connectivity index (χ4v) is 1.89. The molecule has 1 aliphatic rings. The summed E-state index contributed by atoms with van der Waals surface area (Å²) in [7, 11) is 0. The second-order valence-electron chi connectivity index (χ2n) is 4.26. The van der Waals surface area contributed by atoms with E-state index in [4.69, 9.17) is 0 Å². The number of halogens is 3.